The third kappa shape index (κ3) is 5.51. The van der Waals surface area contributed by atoms with Crippen LogP contribution in [-0.2, 0) is 9.53 Å². The number of nitrogens with two attached hydrogens (primary N) is 1. The average Bonchev–Trinajstić information content (AvgIpc) is 2.38. The molecule has 6 heteroatoms. The van der Waals surface area contributed by atoms with Gasteiger partial charge in [-0.25, -0.2) is 0 Å². The highest BCUT2D eigenvalue weighted by Crippen LogP contribution is 2.13. The van der Waals surface area contributed by atoms with Crippen LogP contribution in [-0.4, -0.2) is 42.1 Å². The minimum Gasteiger partial charge on any atom is -0.493 e. The van der Waals surface area contributed by atoms with E-state index in [1.807, 2.05) is 0 Å². The molecule has 0 aliphatic carbocycles. The fourth-order valence-electron chi connectivity index (χ4n) is 1.13. The van der Waals surface area contributed by atoms with Crippen LogP contribution in [0.5, 0.6) is 5.75 Å². The number of carbonyl (C=O) groups is 1. The van der Waals surface area contributed by atoms with E-state index >= 15 is 0 Å². The molecular formula is C12H17NO5. The van der Waals surface area contributed by atoms with Crippen LogP contribution in [0.15, 0.2) is 24.3 Å². The zero-order chi connectivity index (χ0) is 13.4. The Morgan fingerprint density at radius 3 is 2.61 bits per heavy atom. The third-order valence-corrected chi connectivity index (χ3v) is 2.10. The molecule has 1 atom stereocenters. The maximum absolute atomic E-state index is 11.2. The topological polar surface area (TPSA) is 102 Å². The van der Waals surface area contributed by atoms with E-state index in [0.717, 1.165) is 0 Å². The van der Waals surface area contributed by atoms with E-state index in [4.69, 9.17) is 25.4 Å². The number of esters is 1. The second-order valence-electron chi connectivity index (χ2n) is 3.69. The number of aliphatic hydroxyl groups excluding tert-OH is 2. The van der Waals surface area contributed by atoms with E-state index in [9.17, 15) is 4.79 Å². The number of hydrogen-bond acceptors (Lipinski definition) is 6. The second-order valence-corrected chi connectivity index (χ2v) is 3.69. The molecule has 0 aromatic heterocycles. The Hall–Kier alpha value is -1.79. The maximum atomic E-state index is 11.2. The molecular weight excluding hydrogens is 238 g/mol. The van der Waals surface area contributed by atoms with Gasteiger partial charge in [-0.2, -0.15) is 0 Å². The molecule has 0 radical (unpaired) electrons. The number of hydrogen-bond donors (Lipinski definition) is 3. The van der Waals surface area contributed by atoms with E-state index in [1.54, 1.807) is 24.3 Å². The van der Waals surface area contributed by atoms with Crippen LogP contribution in [0.1, 0.15) is 6.42 Å². The first kappa shape index (κ1) is 14.3. The highest BCUT2D eigenvalue weighted by Gasteiger charge is 2.07. The van der Waals surface area contributed by atoms with Crippen molar-refractivity contribution in [3.8, 4) is 5.75 Å². The van der Waals surface area contributed by atoms with Gasteiger partial charge in [0.15, 0.2) is 0 Å². The van der Waals surface area contributed by atoms with Crippen LogP contribution in [0.25, 0.3) is 0 Å². The number of benzene rings is 1. The van der Waals surface area contributed by atoms with Gasteiger partial charge in [0.2, 0.25) is 0 Å². The summed E-state index contributed by atoms with van der Waals surface area (Å²) in [5, 5.41) is 17.5. The summed E-state index contributed by atoms with van der Waals surface area (Å²) < 4.78 is 10.00. The lowest BCUT2D eigenvalue weighted by molar-refractivity contribution is -0.147. The minimum absolute atomic E-state index is 0.0719. The molecule has 0 aliphatic heterocycles. The first-order chi connectivity index (χ1) is 8.61. The number of ether oxygens (including phenoxy) is 2. The van der Waals surface area contributed by atoms with Crippen molar-refractivity contribution in [2.45, 2.75) is 12.5 Å². The van der Waals surface area contributed by atoms with Gasteiger partial charge in [-0.1, -0.05) is 0 Å². The summed E-state index contributed by atoms with van der Waals surface area (Å²) in [4.78, 5) is 11.2. The summed E-state index contributed by atoms with van der Waals surface area (Å²) in [6, 6.07) is 6.81. The standard InChI is InChI=1S/C12H17NO5/c13-9-1-3-11(4-2-9)17-6-5-12(16)18-8-10(15)7-14/h1-4,10,14-15H,5-8,13H2. The van der Waals surface area contributed by atoms with Crippen LogP contribution >= 0.6 is 0 Å². The summed E-state index contributed by atoms with van der Waals surface area (Å²) in [5.74, 6) is 0.130. The quantitative estimate of drug-likeness (QED) is 0.466. The van der Waals surface area contributed by atoms with Crippen molar-refractivity contribution >= 4 is 11.7 Å². The zero-order valence-electron chi connectivity index (χ0n) is 9.91. The van der Waals surface area contributed by atoms with Crippen molar-refractivity contribution in [1.29, 1.82) is 0 Å². The monoisotopic (exact) mass is 255 g/mol. The summed E-state index contributed by atoms with van der Waals surface area (Å²) >= 11 is 0. The van der Waals surface area contributed by atoms with Gasteiger partial charge in [-0.05, 0) is 24.3 Å². The minimum atomic E-state index is -1.04. The summed E-state index contributed by atoms with van der Waals surface area (Å²) in [6.07, 6.45) is -0.963. The molecule has 0 heterocycles. The van der Waals surface area contributed by atoms with Crippen molar-refractivity contribution in [2.24, 2.45) is 0 Å². The number of aliphatic hydroxyl groups is 2. The molecule has 0 bridgehead atoms. The molecule has 1 aromatic carbocycles. The Morgan fingerprint density at radius 2 is 2.00 bits per heavy atom. The Kier molecular flexibility index (Phi) is 5.96. The van der Waals surface area contributed by atoms with E-state index in [1.165, 1.54) is 0 Å². The van der Waals surface area contributed by atoms with E-state index < -0.39 is 18.7 Å². The van der Waals surface area contributed by atoms with Crippen LogP contribution in [0.2, 0.25) is 0 Å². The van der Waals surface area contributed by atoms with Crippen molar-refractivity contribution < 1.29 is 24.5 Å². The van der Waals surface area contributed by atoms with Crippen molar-refractivity contribution in [3.63, 3.8) is 0 Å². The molecule has 0 aliphatic rings. The SMILES string of the molecule is Nc1ccc(OCCC(=O)OCC(O)CO)cc1. The lowest BCUT2D eigenvalue weighted by atomic mass is 10.3. The molecule has 6 nitrogen and oxygen atoms in total. The van der Waals surface area contributed by atoms with Crippen molar-refractivity contribution in [1.82, 2.24) is 0 Å². The molecule has 4 N–H and O–H groups in total. The fourth-order valence-corrected chi connectivity index (χ4v) is 1.13. The van der Waals surface area contributed by atoms with Crippen LogP contribution in [0.3, 0.4) is 0 Å². The van der Waals surface area contributed by atoms with Crippen molar-refractivity contribution in [2.75, 3.05) is 25.6 Å². The maximum Gasteiger partial charge on any atom is 0.309 e. The Balaban J connectivity index is 2.17. The molecule has 100 valence electrons. The normalized spacial score (nSPS) is 11.9. The first-order valence-electron chi connectivity index (χ1n) is 5.54. The molecule has 1 aromatic rings. The zero-order valence-corrected chi connectivity index (χ0v) is 9.91. The largest absolute Gasteiger partial charge is 0.493 e. The van der Waals surface area contributed by atoms with E-state index in [0.29, 0.717) is 11.4 Å². The molecule has 1 unspecified atom stereocenters. The predicted molar refractivity (Wildman–Crippen MR) is 65.0 cm³/mol. The Morgan fingerprint density at radius 1 is 1.33 bits per heavy atom. The van der Waals surface area contributed by atoms with E-state index in [-0.39, 0.29) is 19.6 Å². The Labute approximate surface area is 105 Å². The van der Waals surface area contributed by atoms with Crippen molar-refractivity contribution in [3.05, 3.63) is 24.3 Å². The predicted octanol–water partition coefficient (Wildman–Crippen LogP) is -0.0659. The molecule has 0 amide bonds. The van der Waals surface area contributed by atoms with Gasteiger partial charge in [-0.15, -0.1) is 0 Å². The Bertz CT molecular complexity index is 365. The molecule has 1 rings (SSSR count). The van der Waals surface area contributed by atoms with Crippen LogP contribution in [0, 0.1) is 0 Å². The van der Waals surface area contributed by atoms with Gasteiger partial charge in [0.25, 0.3) is 0 Å². The number of carbonyl (C=O) groups excluding carboxylic acids is 1. The molecule has 0 spiro atoms. The van der Waals surface area contributed by atoms with Gasteiger partial charge in [-0.3, -0.25) is 4.79 Å². The van der Waals surface area contributed by atoms with Gasteiger partial charge in [0.05, 0.1) is 19.6 Å². The highest BCUT2D eigenvalue weighted by atomic mass is 16.5. The lowest BCUT2D eigenvalue weighted by Gasteiger charge is -2.09. The van der Waals surface area contributed by atoms with Gasteiger partial charge in [0, 0.05) is 5.69 Å². The molecule has 0 fully saturated rings. The fraction of sp³-hybridized carbons (Fsp3) is 0.417. The lowest BCUT2D eigenvalue weighted by Crippen LogP contribution is -2.22. The van der Waals surface area contributed by atoms with E-state index in [2.05, 4.69) is 0 Å². The number of anilines is 1. The second kappa shape index (κ2) is 7.52. The van der Waals surface area contributed by atoms with Crippen LogP contribution < -0.4 is 10.5 Å². The summed E-state index contributed by atoms with van der Waals surface area (Å²) in [6.45, 7) is -0.468. The average molecular weight is 255 g/mol. The first-order valence-corrected chi connectivity index (χ1v) is 5.54. The summed E-state index contributed by atoms with van der Waals surface area (Å²) in [7, 11) is 0. The molecule has 0 saturated heterocycles. The number of rotatable bonds is 7. The third-order valence-electron chi connectivity index (χ3n) is 2.10. The highest BCUT2D eigenvalue weighted by molar-refractivity contribution is 5.69. The van der Waals surface area contributed by atoms with Gasteiger partial charge < -0.3 is 25.4 Å². The van der Waals surface area contributed by atoms with Gasteiger partial charge >= 0.3 is 5.97 Å². The van der Waals surface area contributed by atoms with Crippen LogP contribution in [0.4, 0.5) is 5.69 Å². The smallest absolute Gasteiger partial charge is 0.309 e. The summed E-state index contributed by atoms with van der Waals surface area (Å²) in [5.41, 5.74) is 6.15. The van der Waals surface area contributed by atoms with Gasteiger partial charge in [0.1, 0.15) is 18.5 Å². The molecule has 18 heavy (non-hydrogen) atoms. The number of nitrogen functional groups attached to an aromatic ring is 1. The molecule has 0 saturated carbocycles.